The van der Waals surface area contributed by atoms with Crippen LogP contribution in [0.25, 0.3) is 5.76 Å². The van der Waals surface area contributed by atoms with Gasteiger partial charge in [0.15, 0.2) is 0 Å². The monoisotopic (exact) mass is 463 g/mol. The molecule has 1 aliphatic heterocycles. The summed E-state index contributed by atoms with van der Waals surface area (Å²) in [7, 11) is 1.57. The predicted octanol–water partition coefficient (Wildman–Crippen LogP) is 5.48. The van der Waals surface area contributed by atoms with Gasteiger partial charge < -0.3 is 19.5 Å². The van der Waals surface area contributed by atoms with Crippen molar-refractivity contribution in [2.45, 2.75) is 58.0 Å². The Bertz CT molecular complexity index is 1070. The first-order valence-corrected chi connectivity index (χ1v) is 12.1. The van der Waals surface area contributed by atoms with Gasteiger partial charge in [-0.05, 0) is 49.1 Å². The second kappa shape index (κ2) is 10.3. The van der Waals surface area contributed by atoms with E-state index in [9.17, 15) is 14.7 Å². The van der Waals surface area contributed by atoms with Crippen LogP contribution in [0.15, 0.2) is 54.1 Å². The molecular weight excluding hydrogens is 430 g/mol. The molecule has 0 radical (unpaired) electrons. The molecule has 1 saturated carbocycles. The normalized spacial score (nSPS) is 20.7. The molecule has 6 heteroatoms. The maximum Gasteiger partial charge on any atom is 0.295 e. The third kappa shape index (κ3) is 4.67. The van der Waals surface area contributed by atoms with E-state index in [1.165, 1.54) is 0 Å². The van der Waals surface area contributed by atoms with Crippen molar-refractivity contribution < 1.29 is 24.2 Å². The third-order valence-electron chi connectivity index (χ3n) is 6.59. The van der Waals surface area contributed by atoms with E-state index in [4.69, 9.17) is 9.47 Å². The van der Waals surface area contributed by atoms with Crippen LogP contribution in [0.2, 0.25) is 0 Å². The van der Waals surface area contributed by atoms with E-state index in [1.54, 1.807) is 36.3 Å². The largest absolute Gasteiger partial charge is 0.507 e. The summed E-state index contributed by atoms with van der Waals surface area (Å²) in [6.45, 7) is 4.73. The number of benzene rings is 2. The summed E-state index contributed by atoms with van der Waals surface area (Å²) in [5.41, 5.74) is 1.28. The van der Waals surface area contributed by atoms with Crippen molar-refractivity contribution in [3.63, 3.8) is 0 Å². The smallest absolute Gasteiger partial charge is 0.295 e. The lowest BCUT2D eigenvalue weighted by molar-refractivity contribution is -0.141. The van der Waals surface area contributed by atoms with Gasteiger partial charge in [0.1, 0.15) is 17.3 Å². The van der Waals surface area contributed by atoms with Crippen LogP contribution >= 0.6 is 0 Å². The van der Waals surface area contributed by atoms with Crippen LogP contribution in [0, 0.1) is 5.92 Å². The molecule has 1 heterocycles. The Morgan fingerprint density at radius 3 is 2.35 bits per heavy atom. The first-order chi connectivity index (χ1) is 16.4. The zero-order valence-electron chi connectivity index (χ0n) is 20.1. The van der Waals surface area contributed by atoms with E-state index in [0.717, 1.165) is 32.1 Å². The number of ketones is 1. The number of hydrogen-bond donors (Lipinski definition) is 1. The van der Waals surface area contributed by atoms with E-state index in [-0.39, 0.29) is 17.4 Å². The molecule has 2 aromatic rings. The van der Waals surface area contributed by atoms with Gasteiger partial charge in [-0.25, -0.2) is 0 Å². The predicted molar refractivity (Wildman–Crippen MR) is 131 cm³/mol. The molecule has 1 saturated heterocycles. The number of aliphatic hydroxyl groups is 1. The zero-order valence-corrected chi connectivity index (χ0v) is 20.1. The minimum absolute atomic E-state index is 0.0442. The molecule has 2 aromatic carbocycles. The molecule has 1 aliphatic carbocycles. The zero-order chi connectivity index (χ0) is 24.2. The van der Waals surface area contributed by atoms with E-state index < -0.39 is 17.7 Å². The number of carbonyl (C=O) groups excluding carboxylic acids is 2. The Morgan fingerprint density at radius 2 is 1.71 bits per heavy atom. The number of hydrogen-bond acceptors (Lipinski definition) is 5. The first kappa shape index (κ1) is 23.9. The second-order valence-electron chi connectivity index (χ2n) is 9.47. The fourth-order valence-electron chi connectivity index (χ4n) is 4.91. The van der Waals surface area contributed by atoms with Gasteiger partial charge in [-0.2, -0.15) is 0 Å². The summed E-state index contributed by atoms with van der Waals surface area (Å²) in [5.74, 6) is 0.278. The number of methoxy groups -OCH3 is 1. The van der Waals surface area contributed by atoms with Crippen LogP contribution in [0.5, 0.6) is 11.5 Å². The van der Waals surface area contributed by atoms with Crippen molar-refractivity contribution in [3.05, 3.63) is 65.2 Å². The molecule has 1 unspecified atom stereocenters. The van der Waals surface area contributed by atoms with Gasteiger partial charge in [0.05, 0.1) is 25.3 Å². The van der Waals surface area contributed by atoms with Crippen LogP contribution < -0.4 is 9.47 Å². The minimum Gasteiger partial charge on any atom is -0.507 e. The molecule has 2 fully saturated rings. The highest BCUT2D eigenvalue weighted by molar-refractivity contribution is 6.46. The van der Waals surface area contributed by atoms with E-state index in [1.807, 2.05) is 24.3 Å². The number of ether oxygens (including phenoxy) is 2. The van der Waals surface area contributed by atoms with Crippen LogP contribution in [-0.2, 0) is 9.59 Å². The number of rotatable bonds is 7. The lowest BCUT2D eigenvalue weighted by Crippen LogP contribution is -2.40. The average molecular weight is 464 g/mol. The molecule has 180 valence electrons. The molecule has 1 atom stereocenters. The van der Waals surface area contributed by atoms with Crippen molar-refractivity contribution >= 4 is 17.4 Å². The highest BCUT2D eigenvalue weighted by Crippen LogP contribution is 2.45. The molecule has 0 aromatic heterocycles. The Balaban J connectivity index is 1.79. The van der Waals surface area contributed by atoms with Crippen molar-refractivity contribution in [3.8, 4) is 11.5 Å². The molecule has 0 spiro atoms. The Labute approximate surface area is 201 Å². The highest BCUT2D eigenvalue weighted by atomic mass is 16.5. The van der Waals surface area contributed by atoms with Crippen molar-refractivity contribution in [2.24, 2.45) is 5.92 Å². The number of para-hydroxylation sites is 1. The number of likely N-dealkylation sites (tertiary alicyclic amines) is 1. The molecule has 1 N–H and O–H groups in total. The van der Waals surface area contributed by atoms with Gasteiger partial charge in [0, 0.05) is 17.2 Å². The lowest BCUT2D eigenvalue weighted by atomic mass is 9.90. The average Bonchev–Trinajstić information content (AvgIpc) is 3.13. The maximum absolute atomic E-state index is 13.3. The Kier molecular flexibility index (Phi) is 7.25. The number of Topliss-reactive ketones (excluding diaryl/α,β-unsaturated/α-hetero) is 1. The molecule has 34 heavy (non-hydrogen) atoms. The fourth-order valence-corrected chi connectivity index (χ4v) is 4.91. The van der Waals surface area contributed by atoms with Crippen LogP contribution in [0.4, 0.5) is 0 Å². The molecule has 2 aliphatic rings. The number of nitrogens with zero attached hydrogens (tertiary/aromatic N) is 1. The second-order valence-corrected chi connectivity index (χ2v) is 9.47. The fraction of sp³-hybridized carbons (Fsp3) is 0.429. The van der Waals surface area contributed by atoms with E-state index in [2.05, 4.69) is 13.8 Å². The van der Waals surface area contributed by atoms with Crippen molar-refractivity contribution in [2.75, 3.05) is 13.7 Å². The van der Waals surface area contributed by atoms with Gasteiger partial charge in [-0.1, -0.05) is 51.3 Å². The molecule has 1 amide bonds. The van der Waals surface area contributed by atoms with Gasteiger partial charge in [-0.15, -0.1) is 0 Å². The number of amides is 1. The SMILES string of the molecule is COc1ccccc1C1/C(=C(/O)c2ccc(OCC(C)C)cc2)C(=O)C(=O)N1C1CCCCC1. The van der Waals surface area contributed by atoms with E-state index in [0.29, 0.717) is 35.2 Å². The van der Waals surface area contributed by atoms with Crippen molar-refractivity contribution in [1.29, 1.82) is 0 Å². The van der Waals surface area contributed by atoms with Crippen molar-refractivity contribution in [1.82, 2.24) is 4.90 Å². The Hall–Kier alpha value is -3.28. The summed E-state index contributed by atoms with van der Waals surface area (Å²) in [6.07, 6.45) is 4.86. The lowest BCUT2D eigenvalue weighted by Gasteiger charge is -2.35. The highest BCUT2D eigenvalue weighted by Gasteiger charge is 2.49. The van der Waals surface area contributed by atoms with Crippen LogP contribution in [-0.4, -0.2) is 41.5 Å². The van der Waals surface area contributed by atoms with Crippen LogP contribution in [0.3, 0.4) is 0 Å². The molecule has 0 bridgehead atoms. The maximum atomic E-state index is 13.3. The van der Waals surface area contributed by atoms with Gasteiger partial charge in [0.25, 0.3) is 11.7 Å². The molecule has 6 nitrogen and oxygen atoms in total. The van der Waals surface area contributed by atoms with E-state index >= 15 is 0 Å². The first-order valence-electron chi connectivity index (χ1n) is 12.1. The topological polar surface area (TPSA) is 76.1 Å². The molecule has 4 rings (SSSR count). The summed E-state index contributed by atoms with van der Waals surface area (Å²) in [5, 5.41) is 11.3. The number of carbonyl (C=O) groups is 2. The standard InChI is InChI=1S/C28H33NO5/c1-18(2)17-34-21-15-13-19(14-16-21)26(30)24-25(22-11-7-8-12-23(22)33-3)29(28(32)27(24)31)20-9-5-4-6-10-20/h7-8,11-16,18,20,25,30H,4-6,9-10,17H2,1-3H3/b26-24-. The van der Waals surface area contributed by atoms with Crippen LogP contribution in [0.1, 0.15) is 63.1 Å². The van der Waals surface area contributed by atoms with Gasteiger partial charge >= 0.3 is 0 Å². The summed E-state index contributed by atoms with van der Waals surface area (Å²) in [6, 6.07) is 13.6. The van der Waals surface area contributed by atoms with Gasteiger partial charge in [0.2, 0.25) is 0 Å². The quantitative estimate of drug-likeness (QED) is 0.334. The summed E-state index contributed by atoms with van der Waals surface area (Å²) in [4.78, 5) is 28.3. The minimum atomic E-state index is -0.698. The summed E-state index contributed by atoms with van der Waals surface area (Å²) >= 11 is 0. The third-order valence-corrected chi connectivity index (χ3v) is 6.59. The number of aliphatic hydroxyl groups excluding tert-OH is 1. The Morgan fingerprint density at radius 1 is 1.03 bits per heavy atom. The molecular formula is C28H33NO5. The summed E-state index contributed by atoms with van der Waals surface area (Å²) < 4.78 is 11.3. The van der Waals surface area contributed by atoms with Gasteiger partial charge in [-0.3, -0.25) is 9.59 Å².